The number of aromatic nitrogens is 2. The number of fused-ring (bicyclic) bond motifs is 10. The Hall–Kier alpha value is -4.05. The summed E-state index contributed by atoms with van der Waals surface area (Å²) in [7, 11) is 0. The van der Waals surface area contributed by atoms with Crippen molar-refractivity contribution in [3.05, 3.63) is 95.6 Å². The molecule has 7 rings (SSSR count). The van der Waals surface area contributed by atoms with Crippen LogP contribution in [0.3, 0.4) is 0 Å². The summed E-state index contributed by atoms with van der Waals surface area (Å²) < 4.78 is 0. The molecule has 0 fully saturated rings. The zero-order valence-electron chi connectivity index (χ0n) is 16.8. The molecule has 0 spiro atoms. The van der Waals surface area contributed by atoms with Crippen LogP contribution in [-0.4, -0.2) is 20.8 Å². The SMILES string of the molecule is O=C1c2c(c3c4ccccc4[nH]c3c3[nH]c4ccccc4c23)CN1Cc1ccccc1. The molecule has 0 aliphatic carbocycles. The summed E-state index contributed by atoms with van der Waals surface area (Å²) in [5.41, 5.74) is 7.38. The lowest BCUT2D eigenvalue weighted by Crippen LogP contribution is -2.23. The van der Waals surface area contributed by atoms with Crippen molar-refractivity contribution in [1.29, 1.82) is 0 Å². The molecule has 1 aliphatic rings. The highest BCUT2D eigenvalue weighted by Crippen LogP contribution is 2.43. The fraction of sp³-hybridized carbons (Fsp3) is 0.0741. The number of para-hydroxylation sites is 2. The largest absolute Gasteiger partial charge is 0.353 e. The van der Waals surface area contributed by atoms with Gasteiger partial charge in [0.1, 0.15) is 0 Å². The number of aromatic amines is 2. The molecule has 0 radical (unpaired) electrons. The van der Waals surface area contributed by atoms with Gasteiger partial charge in [0.05, 0.1) is 16.6 Å². The average molecular weight is 401 g/mol. The molecule has 4 heteroatoms. The van der Waals surface area contributed by atoms with Crippen LogP contribution in [0.5, 0.6) is 0 Å². The minimum absolute atomic E-state index is 0.112. The molecule has 4 aromatic carbocycles. The maximum absolute atomic E-state index is 13.8. The van der Waals surface area contributed by atoms with E-state index in [1.54, 1.807) is 0 Å². The van der Waals surface area contributed by atoms with Crippen molar-refractivity contribution in [3.8, 4) is 0 Å². The van der Waals surface area contributed by atoms with Gasteiger partial charge < -0.3 is 14.9 Å². The molecule has 1 aliphatic heterocycles. The van der Waals surface area contributed by atoms with Crippen molar-refractivity contribution >= 4 is 49.5 Å². The van der Waals surface area contributed by atoms with Gasteiger partial charge in [-0.3, -0.25) is 4.79 Å². The minimum atomic E-state index is 0.112. The van der Waals surface area contributed by atoms with Gasteiger partial charge >= 0.3 is 0 Å². The second-order valence-corrected chi connectivity index (χ2v) is 8.34. The van der Waals surface area contributed by atoms with E-state index in [9.17, 15) is 4.79 Å². The van der Waals surface area contributed by atoms with Crippen LogP contribution in [0.2, 0.25) is 0 Å². The fourth-order valence-corrected chi connectivity index (χ4v) is 5.25. The summed E-state index contributed by atoms with van der Waals surface area (Å²) in [5, 5.41) is 4.46. The molecule has 0 unspecified atom stereocenters. The number of amides is 1. The standard InChI is InChI=1S/C27H19N3O/c31-27-24-19(15-30(27)14-16-8-2-1-3-9-16)22-17-10-4-6-12-20(17)28-25(22)26-23(24)18-11-5-7-13-21(18)29-26/h1-13,28-29H,14-15H2. The molecular weight excluding hydrogens is 382 g/mol. The number of H-pyrrole nitrogens is 2. The molecule has 2 aromatic heterocycles. The van der Waals surface area contributed by atoms with Gasteiger partial charge in [0.15, 0.2) is 0 Å². The Morgan fingerprint density at radius 3 is 2.00 bits per heavy atom. The predicted octanol–water partition coefficient (Wildman–Crippen LogP) is 6.11. The molecule has 0 saturated carbocycles. The predicted molar refractivity (Wildman–Crippen MR) is 125 cm³/mol. The summed E-state index contributed by atoms with van der Waals surface area (Å²) in [5.74, 6) is 0.112. The minimum Gasteiger partial charge on any atom is -0.353 e. The number of hydrogen-bond donors (Lipinski definition) is 2. The first kappa shape index (κ1) is 16.7. The van der Waals surface area contributed by atoms with E-state index in [0.29, 0.717) is 13.1 Å². The summed E-state index contributed by atoms with van der Waals surface area (Å²) in [6.45, 7) is 1.24. The van der Waals surface area contributed by atoms with Crippen LogP contribution < -0.4 is 0 Å². The Kier molecular flexibility index (Phi) is 3.23. The van der Waals surface area contributed by atoms with Crippen LogP contribution in [0.1, 0.15) is 21.5 Å². The second-order valence-electron chi connectivity index (χ2n) is 8.34. The molecule has 148 valence electrons. The fourth-order valence-electron chi connectivity index (χ4n) is 5.25. The Balaban J connectivity index is 1.58. The molecule has 4 nitrogen and oxygen atoms in total. The van der Waals surface area contributed by atoms with Gasteiger partial charge in [-0.05, 0) is 23.3 Å². The van der Waals surface area contributed by atoms with E-state index in [2.05, 4.69) is 52.4 Å². The van der Waals surface area contributed by atoms with Crippen molar-refractivity contribution in [2.24, 2.45) is 0 Å². The van der Waals surface area contributed by atoms with Crippen molar-refractivity contribution in [2.45, 2.75) is 13.1 Å². The Morgan fingerprint density at radius 2 is 1.29 bits per heavy atom. The van der Waals surface area contributed by atoms with E-state index in [0.717, 1.165) is 54.9 Å². The molecule has 3 heterocycles. The van der Waals surface area contributed by atoms with E-state index >= 15 is 0 Å². The highest BCUT2D eigenvalue weighted by atomic mass is 16.2. The van der Waals surface area contributed by atoms with E-state index in [1.165, 1.54) is 5.39 Å². The first-order valence-corrected chi connectivity index (χ1v) is 10.6. The van der Waals surface area contributed by atoms with Crippen LogP contribution in [-0.2, 0) is 13.1 Å². The van der Waals surface area contributed by atoms with Gasteiger partial charge in [-0.15, -0.1) is 0 Å². The van der Waals surface area contributed by atoms with Gasteiger partial charge in [-0.1, -0.05) is 66.7 Å². The van der Waals surface area contributed by atoms with Gasteiger partial charge in [0, 0.05) is 45.7 Å². The summed E-state index contributed by atoms with van der Waals surface area (Å²) in [6, 6.07) is 26.9. The van der Waals surface area contributed by atoms with Gasteiger partial charge in [0.2, 0.25) is 0 Å². The highest BCUT2D eigenvalue weighted by molar-refractivity contribution is 6.30. The zero-order valence-corrected chi connectivity index (χ0v) is 16.8. The summed E-state index contributed by atoms with van der Waals surface area (Å²) in [4.78, 5) is 23.0. The first-order chi connectivity index (χ1) is 15.3. The number of nitrogens with zero attached hydrogens (tertiary/aromatic N) is 1. The molecular formula is C27H19N3O. The Morgan fingerprint density at radius 1 is 0.710 bits per heavy atom. The third-order valence-electron chi connectivity index (χ3n) is 6.58. The normalized spacial score (nSPS) is 13.8. The maximum Gasteiger partial charge on any atom is 0.255 e. The topological polar surface area (TPSA) is 51.9 Å². The number of nitrogens with one attached hydrogen (secondary N) is 2. The van der Waals surface area contributed by atoms with Gasteiger partial charge in [0.25, 0.3) is 5.91 Å². The number of rotatable bonds is 2. The van der Waals surface area contributed by atoms with E-state index in [-0.39, 0.29) is 5.91 Å². The van der Waals surface area contributed by atoms with Crippen LogP contribution in [0.25, 0.3) is 43.6 Å². The van der Waals surface area contributed by atoms with Crippen molar-refractivity contribution in [2.75, 3.05) is 0 Å². The average Bonchev–Trinajstić information content (AvgIpc) is 3.46. The summed E-state index contributed by atoms with van der Waals surface area (Å²) >= 11 is 0. The summed E-state index contributed by atoms with van der Waals surface area (Å²) in [6.07, 6.45) is 0. The second kappa shape index (κ2) is 5.99. The van der Waals surface area contributed by atoms with E-state index in [1.807, 2.05) is 41.3 Å². The number of carbonyl (C=O) groups is 1. The van der Waals surface area contributed by atoms with Crippen molar-refractivity contribution in [1.82, 2.24) is 14.9 Å². The van der Waals surface area contributed by atoms with Gasteiger partial charge in [-0.25, -0.2) is 0 Å². The highest BCUT2D eigenvalue weighted by Gasteiger charge is 2.34. The molecule has 1 amide bonds. The monoisotopic (exact) mass is 401 g/mol. The smallest absolute Gasteiger partial charge is 0.255 e. The number of hydrogen-bond acceptors (Lipinski definition) is 1. The van der Waals surface area contributed by atoms with Crippen LogP contribution in [0.4, 0.5) is 0 Å². The first-order valence-electron chi connectivity index (χ1n) is 10.6. The third kappa shape index (κ3) is 2.22. The van der Waals surface area contributed by atoms with Crippen LogP contribution in [0.15, 0.2) is 78.9 Å². The lowest BCUT2D eigenvalue weighted by Gasteiger charge is -2.15. The van der Waals surface area contributed by atoms with Crippen molar-refractivity contribution < 1.29 is 4.79 Å². The van der Waals surface area contributed by atoms with E-state index < -0.39 is 0 Å². The molecule has 0 saturated heterocycles. The number of benzene rings is 4. The maximum atomic E-state index is 13.8. The third-order valence-corrected chi connectivity index (χ3v) is 6.58. The van der Waals surface area contributed by atoms with Crippen molar-refractivity contribution in [3.63, 3.8) is 0 Å². The molecule has 0 atom stereocenters. The quantitative estimate of drug-likeness (QED) is 0.361. The molecule has 6 aromatic rings. The van der Waals surface area contributed by atoms with Crippen LogP contribution in [0, 0.1) is 0 Å². The Bertz CT molecular complexity index is 1660. The van der Waals surface area contributed by atoms with Crippen LogP contribution >= 0.6 is 0 Å². The van der Waals surface area contributed by atoms with Gasteiger partial charge in [-0.2, -0.15) is 0 Å². The Labute approximate surface area is 178 Å². The number of carbonyl (C=O) groups excluding carboxylic acids is 1. The molecule has 31 heavy (non-hydrogen) atoms. The zero-order chi connectivity index (χ0) is 20.5. The lowest BCUT2D eigenvalue weighted by molar-refractivity contribution is 0.0768. The lowest BCUT2D eigenvalue weighted by atomic mass is 9.97. The van der Waals surface area contributed by atoms with E-state index in [4.69, 9.17) is 0 Å². The molecule has 0 bridgehead atoms. The molecule has 2 N–H and O–H groups in total.